The Morgan fingerprint density at radius 2 is 2.00 bits per heavy atom. The van der Waals surface area contributed by atoms with Gasteiger partial charge in [-0.05, 0) is 68.2 Å². The number of aldehydes is 1. The van der Waals surface area contributed by atoms with Crippen LogP contribution in [0.5, 0.6) is 0 Å². The fourth-order valence-corrected chi connectivity index (χ4v) is 3.36. The molecule has 3 nitrogen and oxygen atoms in total. The monoisotopic (exact) mass is 297 g/mol. The molecule has 0 aromatic heterocycles. The highest BCUT2D eigenvalue weighted by Crippen LogP contribution is 2.42. The molecular weight excluding hydrogens is 274 g/mol. The summed E-state index contributed by atoms with van der Waals surface area (Å²) in [6.07, 6.45) is 10.5. The summed E-state index contributed by atoms with van der Waals surface area (Å²) in [4.78, 5) is 10.3. The van der Waals surface area contributed by atoms with Crippen LogP contribution in [-0.2, 0) is 9.53 Å². The van der Waals surface area contributed by atoms with Gasteiger partial charge in [0.15, 0.2) is 0 Å². The third-order valence-corrected chi connectivity index (χ3v) is 4.82. The fraction of sp³-hybridized carbons (Fsp3) is 0.474. The minimum Gasteiger partial charge on any atom is -0.378 e. The molecule has 116 valence electrons. The van der Waals surface area contributed by atoms with Gasteiger partial charge in [0.2, 0.25) is 0 Å². The van der Waals surface area contributed by atoms with Gasteiger partial charge >= 0.3 is 0 Å². The topological polar surface area (TPSA) is 50.1 Å². The molecule has 3 heteroatoms. The molecule has 0 amide bonds. The summed E-state index contributed by atoms with van der Waals surface area (Å²) >= 11 is 0. The molecule has 1 aliphatic rings. The Kier molecular flexibility index (Phi) is 5.91. The number of allylic oxidation sites excluding steroid dienone is 2. The van der Waals surface area contributed by atoms with E-state index < -0.39 is 0 Å². The highest BCUT2D eigenvalue weighted by molar-refractivity contribution is 5.64. The van der Waals surface area contributed by atoms with Crippen molar-refractivity contribution >= 4 is 6.29 Å². The summed E-state index contributed by atoms with van der Waals surface area (Å²) in [5.41, 5.74) is 1.99. The van der Waals surface area contributed by atoms with Crippen molar-refractivity contribution < 1.29 is 9.53 Å². The summed E-state index contributed by atoms with van der Waals surface area (Å²) in [5, 5.41) is 8.87. The van der Waals surface area contributed by atoms with Gasteiger partial charge in [0, 0.05) is 7.11 Å². The van der Waals surface area contributed by atoms with Crippen molar-refractivity contribution in [1.82, 2.24) is 0 Å². The van der Waals surface area contributed by atoms with Gasteiger partial charge in [-0.25, -0.2) is 0 Å². The van der Waals surface area contributed by atoms with E-state index in [0.29, 0.717) is 11.5 Å². The average Bonchev–Trinajstić information content (AvgIpc) is 2.59. The van der Waals surface area contributed by atoms with Crippen LogP contribution in [0.15, 0.2) is 36.4 Å². The molecule has 0 atom stereocenters. The Labute approximate surface area is 132 Å². The first-order chi connectivity index (χ1) is 10.7. The van der Waals surface area contributed by atoms with Gasteiger partial charge in [-0.3, -0.25) is 4.79 Å². The van der Waals surface area contributed by atoms with E-state index in [1.54, 1.807) is 13.2 Å². The zero-order chi connectivity index (χ0) is 15.8. The van der Waals surface area contributed by atoms with Gasteiger partial charge in [0.05, 0.1) is 17.2 Å². The van der Waals surface area contributed by atoms with Crippen LogP contribution in [0.1, 0.15) is 55.6 Å². The largest absolute Gasteiger partial charge is 0.378 e. The molecule has 0 saturated heterocycles. The van der Waals surface area contributed by atoms with Crippen LogP contribution in [0.4, 0.5) is 0 Å². The Morgan fingerprint density at radius 3 is 2.55 bits per heavy atom. The molecule has 1 aromatic rings. The van der Waals surface area contributed by atoms with Crippen molar-refractivity contribution in [2.24, 2.45) is 0 Å². The van der Waals surface area contributed by atoms with E-state index in [4.69, 9.17) is 10.00 Å². The van der Waals surface area contributed by atoms with Crippen LogP contribution in [0.3, 0.4) is 0 Å². The van der Waals surface area contributed by atoms with Crippen molar-refractivity contribution in [2.45, 2.75) is 50.0 Å². The van der Waals surface area contributed by atoms with Gasteiger partial charge < -0.3 is 4.74 Å². The van der Waals surface area contributed by atoms with E-state index >= 15 is 0 Å². The lowest BCUT2D eigenvalue weighted by molar-refractivity contribution is -0.104. The van der Waals surface area contributed by atoms with E-state index in [1.165, 1.54) is 5.56 Å². The second-order valence-corrected chi connectivity index (χ2v) is 6.00. The number of ether oxygens (including phenoxy) is 1. The SMILES string of the molecule is CO[C@]1(CCC=CC=O)CC[C@H](c2ccc(C#N)cc2)CC1. The third-order valence-electron chi connectivity index (χ3n) is 4.82. The molecule has 1 aromatic carbocycles. The molecule has 0 bridgehead atoms. The quantitative estimate of drug-likeness (QED) is 0.586. The molecule has 1 fully saturated rings. The normalized spacial score (nSPS) is 25.0. The molecule has 0 N–H and O–H groups in total. The molecule has 0 spiro atoms. The zero-order valence-corrected chi connectivity index (χ0v) is 13.1. The summed E-state index contributed by atoms with van der Waals surface area (Å²) in [7, 11) is 1.80. The number of methoxy groups -OCH3 is 1. The first-order valence-corrected chi connectivity index (χ1v) is 7.88. The highest BCUT2D eigenvalue weighted by Gasteiger charge is 2.34. The molecule has 0 heterocycles. The van der Waals surface area contributed by atoms with Crippen LogP contribution < -0.4 is 0 Å². The van der Waals surface area contributed by atoms with Crippen molar-refractivity contribution in [3.63, 3.8) is 0 Å². The third kappa shape index (κ3) is 4.05. The van der Waals surface area contributed by atoms with Crippen molar-refractivity contribution in [1.29, 1.82) is 5.26 Å². The van der Waals surface area contributed by atoms with Gasteiger partial charge in [0.25, 0.3) is 0 Å². The Morgan fingerprint density at radius 1 is 1.32 bits per heavy atom. The van der Waals surface area contributed by atoms with E-state index in [-0.39, 0.29) is 5.60 Å². The first-order valence-electron chi connectivity index (χ1n) is 7.88. The van der Waals surface area contributed by atoms with Gasteiger partial charge in [-0.15, -0.1) is 0 Å². The number of carbonyl (C=O) groups excluding carboxylic acids is 1. The van der Waals surface area contributed by atoms with Gasteiger partial charge in [-0.1, -0.05) is 18.2 Å². The second kappa shape index (κ2) is 7.91. The summed E-state index contributed by atoms with van der Waals surface area (Å²) in [6, 6.07) is 10.1. The molecular formula is C19H23NO2. The Hall–Kier alpha value is -1.92. The molecule has 2 rings (SSSR count). The predicted octanol–water partition coefficient (Wildman–Crippen LogP) is 4.14. The zero-order valence-electron chi connectivity index (χ0n) is 13.1. The summed E-state index contributed by atoms with van der Waals surface area (Å²) in [5.74, 6) is 0.557. The lowest BCUT2D eigenvalue weighted by Crippen LogP contribution is -2.35. The van der Waals surface area contributed by atoms with E-state index in [9.17, 15) is 4.79 Å². The molecule has 1 aliphatic carbocycles. The number of nitrogens with zero attached hydrogens (tertiary/aromatic N) is 1. The molecule has 22 heavy (non-hydrogen) atoms. The fourth-order valence-electron chi connectivity index (χ4n) is 3.36. The van der Waals surface area contributed by atoms with E-state index in [0.717, 1.165) is 44.8 Å². The van der Waals surface area contributed by atoms with Gasteiger partial charge in [0.1, 0.15) is 6.29 Å². The predicted molar refractivity (Wildman–Crippen MR) is 86.5 cm³/mol. The lowest BCUT2D eigenvalue weighted by Gasteiger charge is -2.39. The molecule has 0 aliphatic heterocycles. The molecule has 1 saturated carbocycles. The number of hydrogen-bond acceptors (Lipinski definition) is 3. The molecule has 0 unspecified atom stereocenters. The van der Waals surface area contributed by atoms with E-state index in [2.05, 4.69) is 18.2 Å². The smallest absolute Gasteiger partial charge is 0.142 e. The second-order valence-electron chi connectivity index (χ2n) is 6.00. The van der Waals surface area contributed by atoms with Crippen molar-refractivity contribution in [3.05, 3.63) is 47.5 Å². The number of benzene rings is 1. The minimum atomic E-state index is -0.0453. The highest BCUT2D eigenvalue weighted by atomic mass is 16.5. The van der Waals surface area contributed by atoms with Gasteiger partial charge in [-0.2, -0.15) is 5.26 Å². The number of nitriles is 1. The van der Waals surface area contributed by atoms with Crippen LogP contribution in [-0.4, -0.2) is 19.0 Å². The average molecular weight is 297 g/mol. The van der Waals surface area contributed by atoms with Crippen LogP contribution in [0.25, 0.3) is 0 Å². The Bertz CT molecular complexity index is 546. The minimum absolute atomic E-state index is 0.0453. The number of rotatable bonds is 6. The van der Waals surface area contributed by atoms with Crippen LogP contribution >= 0.6 is 0 Å². The maximum Gasteiger partial charge on any atom is 0.142 e. The maximum absolute atomic E-state index is 10.3. The molecule has 0 radical (unpaired) electrons. The standard InChI is InChI=1S/C19H23NO2/c1-22-19(11-3-2-4-14-21)12-9-18(10-13-19)17-7-5-16(15-20)6-8-17/h2,4-8,14,18H,3,9-13H2,1H3/t18-,19+. The van der Waals surface area contributed by atoms with E-state index in [1.807, 2.05) is 18.2 Å². The Balaban J connectivity index is 1.93. The summed E-state index contributed by atoms with van der Waals surface area (Å²) in [6.45, 7) is 0. The lowest BCUT2D eigenvalue weighted by atomic mass is 9.74. The van der Waals surface area contributed by atoms with Crippen molar-refractivity contribution in [2.75, 3.05) is 7.11 Å². The number of carbonyl (C=O) groups is 1. The maximum atomic E-state index is 10.3. The first kappa shape index (κ1) is 16.5. The van der Waals surface area contributed by atoms with Crippen LogP contribution in [0.2, 0.25) is 0 Å². The van der Waals surface area contributed by atoms with Crippen LogP contribution in [0, 0.1) is 11.3 Å². The number of hydrogen-bond donors (Lipinski definition) is 0. The summed E-state index contributed by atoms with van der Waals surface area (Å²) < 4.78 is 5.81. The van der Waals surface area contributed by atoms with Crippen molar-refractivity contribution in [3.8, 4) is 6.07 Å².